The van der Waals surface area contributed by atoms with Gasteiger partial charge in [0.25, 0.3) is 0 Å². The number of rotatable bonds is 3. The van der Waals surface area contributed by atoms with Gasteiger partial charge in [0.1, 0.15) is 16.5 Å². The molecule has 0 aliphatic carbocycles. The zero-order valence-electron chi connectivity index (χ0n) is 15.7. The zero-order chi connectivity index (χ0) is 21.8. The van der Waals surface area contributed by atoms with Gasteiger partial charge in [-0.2, -0.15) is 0 Å². The molecule has 0 amide bonds. The number of hydrogen-bond acceptors (Lipinski definition) is 0. The summed E-state index contributed by atoms with van der Waals surface area (Å²) in [6, 6.07) is 9.17. The Bertz CT molecular complexity index is 1110. The van der Waals surface area contributed by atoms with E-state index >= 15 is 0 Å². The summed E-state index contributed by atoms with van der Waals surface area (Å²) in [7, 11) is -10.1. The van der Waals surface area contributed by atoms with Crippen molar-refractivity contribution in [2.75, 3.05) is 0 Å². The van der Waals surface area contributed by atoms with Crippen molar-refractivity contribution in [2.45, 2.75) is 25.7 Å². The van der Waals surface area contributed by atoms with Gasteiger partial charge in [-0.25, -0.2) is 8.78 Å². The summed E-state index contributed by atoms with van der Waals surface area (Å²) in [5, 5.41) is 0. The molecule has 3 aromatic rings. The van der Waals surface area contributed by atoms with E-state index < -0.39 is 26.8 Å². The van der Waals surface area contributed by atoms with Crippen LogP contribution in [0.4, 0.5) is 28.2 Å². The molecule has 0 saturated carbocycles. The average Bonchev–Trinajstić information content (AvgIpc) is 2.51. The van der Waals surface area contributed by atoms with Crippen molar-refractivity contribution in [1.82, 2.24) is 0 Å². The highest BCUT2D eigenvalue weighted by Gasteiger charge is 2.67. The minimum atomic E-state index is -10.1. The second-order valence-corrected chi connectivity index (χ2v) is 9.46. The van der Waals surface area contributed by atoms with Crippen LogP contribution in [0, 0.1) is 32.4 Å². The molecule has 0 radical (unpaired) electrons. The van der Waals surface area contributed by atoms with Gasteiger partial charge in [-0.1, -0.05) is 49.8 Å². The molecule has 0 fully saturated rings. The van der Waals surface area contributed by atoms with E-state index in [4.69, 9.17) is 0 Å². The number of aryl methyl sites for hydroxylation is 3. The fourth-order valence-corrected chi connectivity index (χ4v) is 4.16. The first-order valence-corrected chi connectivity index (χ1v) is 10.4. The highest BCUT2D eigenvalue weighted by Crippen LogP contribution is 3.02. The molecule has 0 unspecified atom stereocenters. The Balaban J connectivity index is 2.08. The van der Waals surface area contributed by atoms with Crippen molar-refractivity contribution in [2.24, 2.45) is 0 Å². The first-order valence-electron chi connectivity index (χ1n) is 8.48. The summed E-state index contributed by atoms with van der Waals surface area (Å²) < 4.78 is 92.8. The lowest BCUT2D eigenvalue weighted by molar-refractivity contribution is 0.355. The van der Waals surface area contributed by atoms with Crippen LogP contribution in [0.5, 0.6) is 0 Å². The molecule has 3 aromatic carbocycles. The molecule has 0 aliphatic rings. The Hall–Kier alpha value is -2.48. The molecule has 3 rings (SSSR count). The average molecular weight is 434 g/mol. The van der Waals surface area contributed by atoms with Gasteiger partial charge in [0, 0.05) is 5.56 Å². The number of hydrogen-bond donors (Lipinski definition) is 0. The molecule has 0 saturated heterocycles. The molecule has 0 heterocycles. The van der Waals surface area contributed by atoms with Crippen LogP contribution in [-0.2, 0) is 0 Å². The molecule has 8 heteroatoms. The monoisotopic (exact) mass is 434 g/mol. The van der Waals surface area contributed by atoms with Gasteiger partial charge in [0.2, 0.25) is 0 Å². The fraction of sp³-hybridized carbons (Fsp3) is 0.143. The molecule has 156 valence electrons. The minimum absolute atomic E-state index is 0.0123. The summed E-state index contributed by atoms with van der Waals surface area (Å²) in [6.07, 6.45) is 0. The molecule has 0 aliphatic heterocycles. The topological polar surface area (TPSA) is 0 Å². The predicted molar refractivity (Wildman–Crippen MR) is 103 cm³/mol. The maximum Gasteiger partial charge on any atom is 0.313 e. The smallest absolute Gasteiger partial charge is 0.206 e. The highest BCUT2D eigenvalue weighted by molar-refractivity contribution is 8.45. The Morgan fingerprint density at radius 2 is 1.24 bits per heavy atom. The van der Waals surface area contributed by atoms with Gasteiger partial charge >= 0.3 is 10.2 Å². The van der Waals surface area contributed by atoms with Crippen LogP contribution in [0.3, 0.4) is 0 Å². The first kappa shape index (κ1) is 21.2. The molecular formula is C21H17F7S. The van der Waals surface area contributed by atoms with Gasteiger partial charge in [-0.15, -0.1) is 0 Å². The fourth-order valence-electron chi connectivity index (χ4n) is 3.41. The lowest BCUT2D eigenvalue weighted by atomic mass is 9.93. The van der Waals surface area contributed by atoms with E-state index in [2.05, 4.69) is 0 Å². The molecule has 0 N–H and O–H groups in total. The molecule has 0 nitrogen and oxygen atoms in total. The van der Waals surface area contributed by atoms with Gasteiger partial charge in [0.15, 0.2) is 0 Å². The molecule has 29 heavy (non-hydrogen) atoms. The van der Waals surface area contributed by atoms with Gasteiger partial charge in [0.05, 0.1) is 0 Å². The van der Waals surface area contributed by atoms with Gasteiger partial charge < -0.3 is 0 Å². The predicted octanol–water partition coefficient (Wildman–Crippen LogP) is 8.88. The minimum Gasteiger partial charge on any atom is -0.206 e. The standard InChI is InChI=1S/C21H17F7S/c1-12-8-14(3)21(19(23)9-12)16-4-6-17(13(2)10-16)15-5-7-20(18(22)11-15)29(24,25,26,27)28/h4-11H,1-3H3. The van der Waals surface area contributed by atoms with Gasteiger partial charge in [-0.3, -0.25) is 0 Å². The lowest BCUT2D eigenvalue weighted by Gasteiger charge is -2.40. The Kier molecular flexibility index (Phi) is 4.40. The molecule has 0 aromatic heterocycles. The van der Waals surface area contributed by atoms with Crippen LogP contribution in [0.1, 0.15) is 16.7 Å². The van der Waals surface area contributed by atoms with Crippen molar-refractivity contribution in [3.63, 3.8) is 0 Å². The molecule has 0 bridgehead atoms. The van der Waals surface area contributed by atoms with E-state index in [1.54, 1.807) is 32.9 Å². The van der Waals surface area contributed by atoms with E-state index in [-0.39, 0.29) is 11.6 Å². The molecular weight excluding hydrogens is 417 g/mol. The first-order chi connectivity index (χ1) is 13.1. The molecule has 0 spiro atoms. The van der Waals surface area contributed by atoms with E-state index in [0.717, 1.165) is 11.6 Å². The third kappa shape index (κ3) is 4.27. The summed E-state index contributed by atoms with van der Waals surface area (Å²) in [5.74, 6) is -2.45. The summed E-state index contributed by atoms with van der Waals surface area (Å²) >= 11 is 0. The van der Waals surface area contributed by atoms with Gasteiger partial charge in [-0.05, 0) is 72.4 Å². The summed E-state index contributed by atoms with van der Waals surface area (Å²) in [5.41, 5.74) is 3.29. The van der Waals surface area contributed by atoms with Crippen molar-refractivity contribution < 1.29 is 28.2 Å². The van der Waals surface area contributed by atoms with Crippen molar-refractivity contribution >= 4 is 10.2 Å². The zero-order valence-corrected chi connectivity index (χ0v) is 16.5. The van der Waals surface area contributed by atoms with Crippen molar-refractivity contribution in [3.05, 3.63) is 76.9 Å². The van der Waals surface area contributed by atoms with Crippen LogP contribution in [0.15, 0.2) is 53.4 Å². The second-order valence-electron chi connectivity index (χ2n) is 7.08. The van der Waals surface area contributed by atoms with Crippen LogP contribution in [0.25, 0.3) is 22.3 Å². The van der Waals surface area contributed by atoms with E-state index in [1.165, 1.54) is 12.1 Å². The Labute approximate surface area is 163 Å². The van der Waals surface area contributed by atoms with Crippen LogP contribution in [-0.4, -0.2) is 0 Å². The highest BCUT2D eigenvalue weighted by atomic mass is 32.5. The third-order valence-electron chi connectivity index (χ3n) is 4.61. The lowest BCUT2D eigenvalue weighted by Crippen LogP contribution is -2.08. The van der Waals surface area contributed by atoms with Crippen LogP contribution < -0.4 is 0 Å². The Morgan fingerprint density at radius 3 is 1.76 bits per heavy atom. The third-order valence-corrected chi connectivity index (χ3v) is 5.77. The van der Waals surface area contributed by atoms with Crippen LogP contribution >= 0.6 is 10.2 Å². The summed E-state index contributed by atoms with van der Waals surface area (Å²) in [4.78, 5) is -2.54. The largest absolute Gasteiger partial charge is 0.313 e. The normalized spacial score (nSPS) is 14.4. The van der Waals surface area contributed by atoms with E-state index in [1.807, 2.05) is 6.07 Å². The van der Waals surface area contributed by atoms with Crippen molar-refractivity contribution in [1.29, 1.82) is 0 Å². The maximum absolute atomic E-state index is 14.4. The Morgan fingerprint density at radius 1 is 0.621 bits per heavy atom. The maximum atomic E-state index is 14.4. The van der Waals surface area contributed by atoms with E-state index in [9.17, 15) is 28.2 Å². The van der Waals surface area contributed by atoms with E-state index in [0.29, 0.717) is 33.9 Å². The quantitative estimate of drug-likeness (QED) is 0.361. The second kappa shape index (κ2) is 6.01. The van der Waals surface area contributed by atoms with Crippen LogP contribution in [0.2, 0.25) is 0 Å². The molecule has 0 atom stereocenters. The summed E-state index contributed by atoms with van der Waals surface area (Å²) in [6.45, 7) is 5.14. The number of benzene rings is 3. The number of halogens is 7. The SMILES string of the molecule is Cc1cc(C)c(-c2ccc(-c3ccc(S(F)(F)(F)(F)F)c(F)c3)c(C)c2)c(F)c1. The van der Waals surface area contributed by atoms with Crippen molar-refractivity contribution in [3.8, 4) is 22.3 Å².